The molecule has 16 heavy (non-hydrogen) atoms. The standard InChI is InChI=1S/C16H18/c1-2-15-8-11-16(12-9-15,13-10-15)14-6-4-3-5-7-14/h1,3-7H,8-13H2. The smallest absolute Gasteiger partial charge is 0.0313 e. The van der Waals surface area contributed by atoms with Crippen LogP contribution in [0.25, 0.3) is 0 Å². The van der Waals surface area contributed by atoms with Gasteiger partial charge in [-0.05, 0) is 49.5 Å². The van der Waals surface area contributed by atoms with Gasteiger partial charge in [0.1, 0.15) is 0 Å². The molecule has 0 amide bonds. The highest BCUT2D eigenvalue weighted by Gasteiger charge is 2.48. The van der Waals surface area contributed by atoms with Crippen LogP contribution in [0.5, 0.6) is 0 Å². The SMILES string of the molecule is C#CC12CCC(c3ccccc3)(CC1)CC2. The van der Waals surface area contributed by atoms with Crippen molar-refractivity contribution in [3.05, 3.63) is 35.9 Å². The molecule has 2 bridgehead atoms. The van der Waals surface area contributed by atoms with Crippen LogP contribution in [0.1, 0.15) is 44.1 Å². The van der Waals surface area contributed by atoms with Crippen LogP contribution >= 0.6 is 0 Å². The largest absolute Gasteiger partial charge is 0.120 e. The second-order valence-electron chi connectivity index (χ2n) is 5.57. The van der Waals surface area contributed by atoms with Crippen LogP contribution in [0.3, 0.4) is 0 Å². The average Bonchev–Trinajstić information content (AvgIpc) is 2.42. The molecule has 3 saturated carbocycles. The maximum atomic E-state index is 5.71. The third kappa shape index (κ3) is 1.31. The number of fused-ring (bicyclic) bond motifs is 3. The highest BCUT2D eigenvalue weighted by molar-refractivity contribution is 5.30. The molecule has 0 aromatic heterocycles. The molecule has 3 aliphatic carbocycles. The van der Waals surface area contributed by atoms with Crippen LogP contribution in [0.2, 0.25) is 0 Å². The van der Waals surface area contributed by atoms with Crippen molar-refractivity contribution in [2.45, 2.75) is 43.9 Å². The molecule has 0 spiro atoms. The van der Waals surface area contributed by atoms with Crippen molar-refractivity contribution in [3.63, 3.8) is 0 Å². The third-order valence-corrected chi connectivity index (χ3v) is 4.94. The van der Waals surface area contributed by atoms with Crippen LogP contribution < -0.4 is 0 Å². The second kappa shape index (κ2) is 3.39. The van der Waals surface area contributed by atoms with Crippen LogP contribution in [-0.2, 0) is 5.41 Å². The molecule has 0 atom stereocenters. The summed E-state index contributed by atoms with van der Waals surface area (Å²) < 4.78 is 0. The van der Waals surface area contributed by atoms with E-state index in [1.807, 2.05) is 0 Å². The summed E-state index contributed by atoms with van der Waals surface area (Å²) in [6.07, 6.45) is 13.3. The molecule has 1 aromatic rings. The molecule has 0 heterocycles. The summed E-state index contributed by atoms with van der Waals surface area (Å²) in [5, 5.41) is 0. The molecule has 3 aliphatic rings. The molecule has 0 heteroatoms. The predicted molar refractivity (Wildman–Crippen MR) is 67.1 cm³/mol. The topological polar surface area (TPSA) is 0 Å². The summed E-state index contributed by atoms with van der Waals surface area (Å²) in [4.78, 5) is 0. The molecule has 0 unspecified atom stereocenters. The summed E-state index contributed by atoms with van der Waals surface area (Å²) in [5.41, 5.74) is 2.26. The Hall–Kier alpha value is -1.22. The highest BCUT2D eigenvalue weighted by atomic mass is 14.5. The summed E-state index contributed by atoms with van der Waals surface area (Å²) in [6.45, 7) is 0. The lowest BCUT2D eigenvalue weighted by Gasteiger charge is -2.51. The Morgan fingerprint density at radius 1 is 0.875 bits per heavy atom. The van der Waals surface area contributed by atoms with Gasteiger partial charge in [0.05, 0.1) is 0 Å². The van der Waals surface area contributed by atoms with Crippen LogP contribution in [0.15, 0.2) is 30.3 Å². The van der Waals surface area contributed by atoms with Gasteiger partial charge in [-0.2, -0.15) is 0 Å². The normalized spacial score (nSPS) is 36.9. The Morgan fingerprint density at radius 2 is 1.44 bits per heavy atom. The van der Waals surface area contributed by atoms with Crippen molar-refractivity contribution in [1.82, 2.24) is 0 Å². The van der Waals surface area contributed by atoms with Gasteiger partial charge >= 0.3 is 0 Å². The maximum Gasteiger partial charge on any atom is 0.0313 e. The van der Waals surface area contributed by atoms with Crippen molar-refractivity contribution >= 4 is 0 Å². The number of rotatable bonds is 1. The average molecular weight is 210 g/mol. The van der Waals surface area contributed by atoms with Crippen LogP contribution in [-0.4, -0.2) is 0 Å². The molecule has 0 N–H and O–H groups in total. The molecule has 4 rings (SSSR count). The fourth-order valence-corrected chi connectivity index (χ4v) is 3.63. The number of hydrogen-bond donors (Lipinski definition) is 0. The van der Waals surface area contributed by atoms with Gasteiger partial charge < -0.3 is 0 Å². The van der Waals surface area contributed by atoms with Crippen LogP contribution in [0.4, 0.5) is 0 Å². The molecular weight excluding hydrogens is 192 g/mol. The van der Waals surface area contributed by atoms with E-state index in [1.165, 1.54) is 38.5 Å². The first-order valence-corrected chi connectivity index (χ1v) is 6.32. The Balaban J connectivity index is 1.92. The quantitative estimate of drug-likeness (QED) is 0.616. The van der Waals surface area contributed by atoms with Crippen molar-refractivity contribution in [3.8, 4) is 12.3 Å². The summed E-state index contributed by atoms with van der Waals surface area (Å²) in [7, 11) is 0. The minimum Gasteiger partial charge on any atom is -0.120 e. The van der Waals surface area contributed by atoms with E-state index >= 15 is 0 Å². The first-order chi connectivity index (χ1) is 7.79. The van der Waals surface area contributed by atoms with E-state index < -0.39 is 0 Å². The van der Waals surface area contributed by atoms with Gasteiger partial charge in [-0.1, -0.05) is 36.3 Å². The molecule has 0 radical (unpaired) electrons. The van der Waals surface area contributed by atoms with Gasteiger partial charge in [-0.15, -0.1) is 6.42 Å². The zero-order valence-corrected chi connectivity index (χ0v) is 9.71. The Morgan fingerprint density at radius 3 is 1.94 bits per heavy atom. The van der Waals surface area contributed by atoms with Crippen LogP contribution in [0, 0.1) is 17.8 Å². The highest BCUT2D eigenvalue weighted by Crippen LogP contribution is 2.57. The van der Waals surface area contributed by atoms with Crippen molar-refractivity contribution < 1.29 is 0 Å². The van der Waals surface area contributed by atoms with E-state index in [-0.39, 0.29) is 5.41 Å². The fraction of sp³-hybridized carbons (Fsp3) is 0.500. The lowest BCUT2D eigenvalue weighted by molar-refractivity contribution is 0.0867. The molecule has 0 aliphatic heterocycles. The molecule has 0 nitrogen and oxygen atoms in total. The van der Waals surface area contributed by atoms with Crippen molar-refractivity contribution in [2.24, 2.45) is 5.41 Å². The van der Waals surface area contributed by atoms with Gasteiger partial charge in [-0.3, -0.25) is 0 Å². The maximum absolute atomic E-state index is 5.71. The Kier molecular flexibility index (Phi) is 2.11. The third-order valence-electron chi connectivity index (χ3n) is 4.94. The zero-order chi connectivity index (χ0) is 11.1. The van der Waals surface area contributed by atoms with E-state index in [9.17, 15) is 0 Å². The van der Waals surface area contributed by atoms with Gasteiger partial charge in [0, 0.05) is 5.41 Å². The summed E-state index contributed by atoms with van der Waals surface area (Å²) in [5.74, 6) is 3.07. The lowest BCUT2D eigenvalue weighted by Crippen LogP contribution is -2.43. The van der Waals surface area contributed by atoms with E-state index in [4.69, 9.17) is 6.42 Å². The van der Waals surface area contributed by atoms with Gasteiger partial charge in [0.15, 0.2) is 0 Å². The molecule has 0 saturated heterocycles. The monoisotopic (exact) mass is 210 g/mol. The van der Waals surface area contributed by atoms with E-state index in [1.54, 1.807) is 5.56 Å². The van der Waals surface area contributed by atoms with Gasteiger partial charge in [0.25, 0.3) is 0 Å². The second-order valence-corrected chi connectivity index (χ2v) is 5.57. The van der Waals surface area contributed by atoms with E-state index in [0.29, 0.717) is 5.41 Å². The molecular formula is C16H18. The molecule has 82 valence electrons. The first kappa shape index (κ1) is 9.97. The van der Waals surface area contributed by atoms with Gasteiger partial charge in [0.2, 0.25) is 0 Å². The summed E-state index contributed by atoms with van der Waals surface area (Å²) in [6, 6.07) is 11.0. The minimum atomic E-state index is 0.260. The first-order valence-electron chi connectivity index (χ1n) is 6.32. The van der Waals surface area contributed by atoms with E-state index in [2.05, 4.69) is 36.3 Å². The predicted octanol–water partition coefficient (Wildman–Crippen LogP) is 3.91. The minimum absolute atomic E-state index is 0.260. The summed E-state index contributed by atoms with van der Waals surface area (Å²) >= 11 is 0. The Bertz CT molecular complexity index is 397. The van der Waals surface area contributed by atoms with E-state index in [0.717, 1.165) is 0 Å². The van der Waals surface area contributed by atoms with Crippen molar-refractivity contribution in [1.29, 1.82) is 0 Å². The molecule has 1 aromatic carbocycles. The number of benzene rings is 1. The zero-order valence-electron chi connectivity index (χ0n) is 9.71. The fourth-order valence-electron chi connectivity index (χ4n) is 3.63. The molecule has 3 fully saturated rings. The Labute approximate surface area is 98.1 Å². The number of terminal acetylenes is 1. The number of hydrogen-bond acceptors (Lipinski definition) is 0. The van der Waals surface area contributed by atoms with Gasteiger partial charge in [-0.25, -0.2) is 0 Å². The van der Waals surface area contributed by atoms with Crippen molar-refractivity contribution in [2.75, 3.05) is 0 Å². The lowest BCUT2D eigenvalue weighted by atomic mass is 9.52.